The van der Waals surface area contributed by atoms with Gasteiger partial charge in [0.25, 0.3) is 0 Å². The maximum atomic E-state index is 10.6. The smallest absolute Gasteiger partial charge is 0.355 e. The second-order valence-corrected chi connectivity index (χ2v) is 5.22. The zero-order chi connectivity index (χ0) is 11.5. The van der Waals surface area contributed by atoms with Crippen LogP contribution in [0.1, 0.15) is 20.4 Å². The molecular formula is C9H9N3O2S2. The van der Waals surface area contributed by atoms with E-state index < -0.39 is 5.97 Å². The van der Waals surface area contributed by atoms with Crippen LogP contribution in [0.25, 0.3) is 0 Å². The molecule has 16 heavy (non-hydrogen) atoms. The van der Waals surface area contributed by atoms with Crippen LogP contribution in [-0.4, -0.2) is 21.0 Å². The Kier molecular flexibility index (Phi) is 3.16. The average Bonchev–Trinajstić information content (AvgIpc) is 2.83. The Morgan fingerprint density at radius 1 is 1.62 bits per heavy atom. The molecule has 5 nitrogen and oxygen atoms in total. The zero-order valence-electron chi connectivity index (χ0n) is 8.43. The van der Waals surface area contributed by atoms with Crippen LogP contribution in [0.4, 0.5) is 5.13 Å². The molecule has 2 heterocycles. The molecule has 0 aliphatic carbocycles. The summed E-state index contributed by atoms with van der Waals surface area (Å²) in [5.74, 6) is -1.00. The number of thiazole rings is 2. The molecule has 0 radical (unpaired) electrons. The molecule has 0 saturated heterocycles. The molecule has 0 spiro atoms. The molecule has 2 N–H and O–H groups in total. The van der Waals surface area contributed by atoms with Crippen LogP contribution >= 0.6 is 22.7 Å². The summed E-state index contributed by atoms with van der Waals surface area (Å²) in [7, 11) is 0. The molecule has 0 fully saturated rings. The van der Waals surface area contributed by atoms with Crippen LogP contribution in [0.15, 0.2) is 11.6 Å². The molecule has 0 amide bonds. The predicted molar refractivity (Wildman–Crippen MR) is 63.3 cm³/mol. The number of carboxylic acids is 1. The highest BCUT2D eigenvalue weighted by Gasteiger charge is 2.08. The fourth-order valence-electron chi connectivity index (χ4n) is 1.10. The minimum Gasteiger partial charge on any atom is -0.476 e. The van der Waals surface area contributed by atoms with Gasteiger partial charge in [0.15, 0.2) is 10.8 Å². The minimum atomic E-state index is -1.00. The number of nitrogens with zero attached hydrogens (tertiary/aromatic N) is 2. The Hall–Kier alpha value is -1.47. The Morgan fingerprint density at radius 2 is 2.44 bits per heavy atom. The monoisotopic (exact) mass is 255 g/mol. The maximum Gasteiger partial charge on any atom is 0.355 e. The maximum absolute atomic E-state index is 10.6. The van der Waals surface area contributed by atoms with Crippen molar-refractivity contribution in [3.05, 3.63) is 27.2 Å². The molecule has 0 bridgehead atoms. The molecule has 2 aromatic rings. The summed E-state index contributed by atoms with van der Waals surface area (Å²) < 4.78 is 0. The standard InChI is InChI=1S/C9H9N3O2S2/c1-5-10-2-6(16-5)3-11-9-12-7(4-15-9)8(13)14/h2,4H,3H2,1H3,(H,11,12)(H,13,14). The van der Waals surface area contributed by atoms with E-state index in [1.165, 1.54) is 16.7 Å². The number of aromatic carboxylic acids is 1. The predicted octanol–water partition coefficient (Wildman–Crippen LogP) is 2.22. The van der Waals surface area contributed by atoms with Gasteiger partial charge in [0.2, 0.25) is 0 Å². The van der Waals surface area contributed by atoms with Gasteiger partial charge >= 0.3 is 5.97 Å². The van der Waals surface area contributed by atoms with Gasteiger partial charge in [-0.05, 0) is 6.92 Å². The molecule has 2 aromatic heterocycles. The summed E-state index contributed by atoms with van der Waals surface area (Å²) in [6.45, 7) is 2.57. The zero-order valence-corrected chi connectivity index (χ0v) is 10.1. The largest absolute Gasteiger partial charge is 0.476 e. The third-order valence-corrected chi connectivity index (χ3v) is 3.52. The number of anilines is 1. The van der Waals surface area contributed by atoms with Crippen LogP contribution < -0.4 is 5.32 Å². The van der Waals surface area contributed by atoms with Gasteiger partial charge in [0.05, 0.1) is 11.6 Å². The van der Waals surface area contributed by atoms with Crippen molar-refractivity contribution < 1.29 is 9.90 Å². The summed E-state index contributed by atoms with van der Waals surface area (Å²) >= 11 is 2.89. The molecule has 0 saturated carbocycles. The van der Waals surface area contributed by atoms with Crippen LogP contribution in [-0.2, 0) is 6.54 Å². The van der Waals surface area contributed by atoms with E-state index in [1.807, 2.05) is 6.92 Å². The fraction of sp³-hybridized carbons (Fsp3) is 0.222. The van der Waals surface area contributed by atoms with Gasteiger partial charge in [0, 0.05) is 16.5 Å². The van der Waals surface area contributed by atoms with Gasteiger partial charge in [-0.2, -0.15) is 0 Å². The minimum absolute atomic E-state index is 0.0768. The van der Waals surface area contributed by atoms with Crippen molar-refractivity contribution in [1.29, 1.82) is 0 Å². The molecule has 0 aliphatic rings. The lowest BCUT2D eigenvalue weighted by molar-refractivity contribution is 0.0691. The first-order chi connectivity index (χ1) is 7.65. The van der Waals surface area contributed by atoms with Crippen molar-refractivity contribution in [2.75, 3.05) is 5.32 Å². The SMILES string of the molecule is Cc1ncc(CNc2nc(C(=O)O)cs2)s1. The third kappa shape index (κ3) is 2.56. The van der Waals surface area contributed by atoms with Crippen LogP contribution in [0.5, 0.6) is 0 Å². The number of carbonyl (C=O) groups is 1. The van der Waals surface area contributed by atoms with Crippen LogP contribution in [0.2, 0.25) is 0 Å². The highest BCUT2D eigenvalue weighted by atomic mass is 32.1. The quantitative estimate of drug-likeness (QED) is 0.876. The van der Waals surface area contributed by atoms with Crippen molar-refractivity contribution in [3.63, 3.8) is 0 Å². The first kappa shape index (κ1) is 11.0. The van der Waals surface area contributed by atoms with E-state index in [4.69, 9.17) is 5.11 Å². The Bertz CT molecular complexity index is 506. The van der Waals surface area contributed by atoms with E-state index in [9.17, 15) is 4.79 Å². The number of aromatic nitrogens is 2. The number of nitrogens with one attached hydrogen (secondary N) is 1. The molecule has 0 aliphatic heterocycles. The summed E-state index contributed by atoms with van der Waals surface area (Å²) in [6, 6.07) is 0. The van der Waals surface area contributed by atoms with E-state index in [0.29, 0.717) is 11.7 Å². The van der Waals surface area contributed by atoms with Gasteiger partial charge in [-0.3, -0.25) is 0 Å². The molecule has 2 rings (SSSR count). The van der Waals surface area contributed by atoms with Gasteiger partial charge in [-0.1, -0.05) is 0 Å². The first-order valence-corrected chi connectivity index (χ1v) is 6.19. The summed E-state index contributed by atoms with van der Waals surface area (Å²) in [6.07, 6.45) is 1.80. The van der Waals surface area contributed by atoms with Gasteiger partial charge in [-0.25, -0.2) is 14.8 Å². The lowest BCUT2D eigenvalue weighted by atomic mass is 10.5. The Morgan fingerprint density at radius 3 is 3.00 bits per heavy atom. The summed E-state index contributed by atoms with van der Waals surface area (Å²) in [5, 5.41) is 14.9. The molecule has 84 valence electrons. The Labute approximate surface area is 99.8 Å². The fourth-order valence-corrected chi connectivity index (χ4v) is 2.52. The van der Waals surface area contributed by atoms with Crippen LogP contribution in [0.3, 0.4) is 0 Å². The number of hydrogen-bond donors (Lipinski definition) is 2. The van der Waals surface area contributed by atoms with Crippen molar-refractivity contribution in [2.45, 2.75) is 13.5 Å². The molecular weight excluding hydrogens is 246 g/mol. The topological polar surface area (TPSA) is 75.1 Å². The second-order valence-electron chi connectivity index (χ2n) is 3.04. The number of aryl methyl sites for hydroxylation is 1. The summed E-state index contributed by atoms with van der Waals surface area (Å²) in [5.41, 5.74) is 0.0768. The van der Waals surface area contributed by atoms with E-state index in [0.717, 1.165) is 9.88 Å². The summed E-state index contributed by atoms with van der Waals surface area (Å²) in [4.78, 5) is 19.8. The first-order valence-electron chi connectivity index (χ1n) is 4.49. The lowest BCUT2D eigenvalue weighted by Gasteiger charge is -1.97. The van der Waals surface area contributed by atoms with E-state index in [2.05, 4.69) is 15.3 Å². The molecule has 0 atom stereocenters. The van der Waals surface area contributed by atoms with Crippen molar-refractivity contribution in [2.24, 2.45) is 0 Å². The molecule has 0 aromatic carbocycles. The number of carboxylic acid groups (broad SMARTS) is 1. The van der Waals surface area contributed by atoms with Crippen LogP contribution in [0, 0.1) is 6.92 Å². The van der Waals surface area contributed by atoms with E-state index in [-0.39, 0.29) is 5.69 Å². The lowest BCUT2D eigenvalue weighted by Crippen LogP contribution is -1.99. The molecule has 7 heteroatoms. The van der Waals surface area contributed by atoms with Gasteiger partial charge in [-0.15, -0.1) is 22.7 Å². The van der Waals surface area contributed by atoms with Gasteiger partial charge < -0.3 is 10.4 Å². The average molecular weight is 255 g/mol. The highest BCUT2D eigenvalue weighted by Crippen LogP contribution is 2.18. The van der Waals surface area contributed by atoms with Crippen molar-refractivity contribution >= 4 is 33.8 Å². The third-order valence-electron chi connectivity index (χ3n) is 1.81. The van der Waals surface area contributed by atoms with E-state index >= 15 is 0 Å². The van der Waals surface area contributed by atoms with Gasteiger partial charge in [0.1, 0.15) is 0 Å². The van der Waals surface area contributed by atoms with Crippen molar-refractivity contribution in [1.82, 2.24) is 9.97 Å². The molecule has 0 unspecified atom stereocenters. The van der Waals surface area contributed by atoms with Crippen molar-refractivity contribution in [3.8, 4) is 0 Å². The normalized spacial score (nSPS) is 10.3. The van der Waals surface area contributed by atoms with E-state index in [1.54, 1.807) is 17.5 Å². The second kappa shape index (κ2) is 4.58. The highest BCUT2D eigenvalue weighted by molar-refractivity contribution is 7.14. The number of hydrogen-bond acceptors (Lipinski definition) is 6. The Balaban J connectivity index is 1.97. The number of rotatable bonds is 4.